The molecule has 0 aromatic heterocycles. The van der Waals surface area contributed by atoms with Gasteiger partial charge in [-0.1, -0.05) is 22.6 Å². The number of hydrogen-bond donors (Lipinski definition) is 1. The van der Waals surface area contributed by atoms with E-state index in [1.807, 2.05) is 6.92 Å². The third-order valence-electron chi connectivity index (χ3n) is 0.298. The van der Waals surface area contributed by atoms with Crippen molar-refractivity contribution in [2.45, 2.75) is 11.0 Å². The molecule has 36 valence electrons. The SMILES string of the molecule is CC(I)NC=O. The minimum Gasteiger partial charge on any atom is -0.347 e. The second kappa shape index (κ2) is 3.39. The molecule has 0 aromatic carbocycles. The zero-order chi connectivity index (χ0) is 4.99. The third kappa shape index (κ3) is 4.20. The van der Waals surface area contributed by atoms with Gasteiger partial charge in [-0.25, -0.2) is 0 Å². The molecule has 1 atom stereocenters. The van der Waals surface area contributed by atoms with Crippen molar-refractivity contribution in [1.29, 1.82) is 0 Å². The van der Waals surface area contributed by atoms with E-state index >= 15 is 0 Å². The van der Waals surface area contributed by atoms with E-state index in [1.54, 1.807) is 0 Å². The Labute approximate surface area is 50.4 Å². The highest BCUT2D eigenvalue weighted by molar-refractivity contribution is 14.1. The summed E-state index contributed by atoms with van der Waals surface area (Å²) >= 11 is 2.10. The average molecular weight is 199 g/mol. The molecule has 2 nitrogen and oxygen atoms in total. The molecular formula is C3H6INO. The van der Waals surface area contributed by atoms with Crippen molar-refractivity contribution in [3.63, 3.8) is 0 Å². The molecule has 6 heavy (non-hydrogen) atoms. The van der Waals surface area contributed by atoms with Crippen molar-refractivity contribution in [2.24, 2.45) is 0 Å². The zero-order valence-corrected chi connectivity index (χ0v) is 5.60. The predicted molar refractivity (Wildman–Crippen MR) is 32.7 cm³/mol. The number of nitrogens with one attached hydrogen (secondary N) is 1. The van der Waals surface area contributed by atoms with Gasteiger partial charge in [-0.3, -0.25) is 4.79 Å². The van der Waals surface area contributed by atoms with Crippen LogP contribution in [-0.4, -0.2) is 10.5 Å². The fourth-order valence-corrected chi connectivity index (χ4v) is 0.241. The first-order chi connectivity index (χ1) is 2.77. The number of carbonyl (C=O) groups excluding carboxylic acids is 1. The molecule has 0 radical (unpaired) electrons. The van der Waals surface area contributed by atoms with Gasteiger partial charge in [-0.15, -0.1) is 0 Å². The van der Waals surface area contributed by atoms with Crippen molar-refractivity contribution >= 4 is 29.0 Å². The lowest BCUT2D eigenvalue weighted by Crippen LogP contribution is -2.16. The maximum Gasteiger partial charge on any atom is 0.207 e. The van der Waals surface area contributed by atoms with Crippen LogP contribution in [0.15, 0.2) is 0 Å². The minimum absolute atomic E-state index is 0.250. The smallest absolute Gasteiger partial charge is 0.207 e. The summed E-state index contributed by atoms with van der Waals surface area (Å²) in [6, 6.07) is 0. The van der Waals surface area contributed by atoms with Crippen LogP contribution in [0.5, 0.6) is 0 Å². The van der Waals surface area contributed by atoms with E-state index < -0.39 is 0 Å². The number of carbonyl (C=O) groups is 1. The van der Waals surface area contributed by atoms with Crippen LogP contribution in [-0.2, 0) is 4.79 Å². The minimum atomic E-state index is 0.250. The van der Waals surface area contributed by atoms with Crippen molar-refractivity contribution < 1.29 is 4.79 Å². The van der Waals surface area contributed by atoms with E-state index in [0.717, 1.165) is 0 Å². The Morgan fingerprint density at radius 3 is 2.50 bits per heavy atom. The monoisotopic (exact) mass is 199 g/mol. The van der Waals surface area contributed by atoms with Gasteiger partial charge < -0.3 is 5.32 Å². The Kier molecular flexibility index (Phi) is 3.51. The second-order valence-corrected chi connectivity index (χ2v) is 2.77. The molecule has 0 bridgehead atoms. The second-order valence-electron chi connectivity index (χ2n) is 0.901. The molecule has 3 heteroatoms. The molecule has 0 aliphatic heterocycles. The van der Waals surface area contributed by atoms with Gasteiger partial charge in [0.1, 0.15) is 0 Å². The van der Waals surface area contributed by atoms with E-state index in [2.05, 4.69) is 27.9 Å². The van der Waals surface area contributed by atoms with E-state index in [9.17, 15) is 4.79 Å². The van der Waals surface area contributed by atoms with Crippen LogP contribution < -0.4 is 5.32 Å². The Bertz CT molecular complexity index is 46.1. The molecule has 1 unspecified atom stereocenters. The molecular weight excluding hydrogens is 193 g/mol. The highest BCUT2D eigenvalue weighted by atomic mass is 127. The van der Waals surface area contributed by atoms with Crippen molar-refractivity contribution in [3.05, 3.63) is 0 Å². The Morgan fingerprint density at radius 1 is 2.00 bits per heavy atom. The van der Waals surface area contributed by atoms with Crippen LogP contribution >= 0.6 is 22.6 Å². The van der Waals surface area contributed by atoms with Crippen LogP contribution in [0.25, 0.3) is 0 Å². The average Bonchev–Trinajstić information content (AvgIpc) is 1.35. The summed E-state index contributed by atoms with van der Waals surface area (Å²) in [6.07, 6.45) is 0.692. The Morgan fingerprint density at radius 2 is 2.50 bits per heavy atom. The summed E-state index contributed by atoms with van der Waals surface area (Å²) in [6.45, 7) is 1.90. The predicted octanol–water partition coefficient (Wildman–Crippen LogP) is 0.513. The van der Waals surface area contributed by atoms with Crippen molar-refractivity contribution in [2.75, 3.05) is 0 Å². The fraction of sp³-hybridized carbons (Fsp3) is 0.667. The van der Waals surface area contributed by atoms with Gasteiger partial charge in [-0.05, 0) is 6.92 Å². The molecule has 0 aromatic rings. The van der Waals surface area contributed by atoms with Crippen LogP contribution in [0.1, 0.15) is 6.92 Å². The lowest BCUT2D eigenvalue weighted by atomic mass is 10.8. The van der Waals surface area contributed by atoms with E-state index in [1.165, 1.54) is 0 Å². The largest absolute Gasteiger partial charge is 0.347 e. The summed E-state index contributed by atoms with van der Waals surface area (Å²) in [5.41, 5.74) is 0. The van der Waals surface area contributed by atoms with Gasteiger partial charge in [0, 0.05) is 0 Å². The number of halogens is 1. The molecule has 1 N–H and O–H groups in total. The summed E-state index contributed by atoms with van der Waals surface area (Å²) < 4.78 is 0.250. The third-order valence-corrected chi connectivity index (χ3v) is 0.657. The van der Waals surface area contributed by atoms with Gasteiger partial charge in [0.2, 0.25) is 6.41 Å². The van der Waals surface area contributed by atoms with Crippen LogP contribution in [0.3, 0.4) is 0 Å². The molecule has 0 heterocycles. The normalized spacial score (nSPS) is 13.0. The molecule has 0 saturated carbocycles. The highest BCUT2D eigenvalue weighted by Crippen LogP contribution is 1.87. The number of rotatable bonds is 2. The van der Waals surface area contributed by atoms with Crippen molar-refractivity contribution in [1.82, 2.24) is 5.32 Å². The number of alkyl halides is 1. The quantitative estimate of drug-likeness (QED) is 0.298. The number of hydrogen-bond acceptors (Lipinski definition) is 1. The molecule has 0 spiro atoms. The first-order valence-corrected chi connectivity index (χ1v) is 2.85. The molecule has 0 aliphatic carbocycles. The van der Waals surface area contributed by atoms with E-state index in [4.69, 9.17) is 0 Å². The van der Waals surface area contributed by atoms with E-state index in [-0.39, 0.29) is 4.05 Å². The molecule has 0 rings (SSSR count). The van der Waals surface area contributed by atoms with Gasteiger partial charge in [0.25, 0.3) is 0 Å². The molecule has 0 fully saturated rings. The van der Waals surface area contributed by atoms with Crippen molar-refractivity contribution in [3.8, 4) is 0 Å². The lowest BCUT2D eigenvalue weighted by Gasteiger charge is -1.94. The van der Waals surface area contributed by atoms with Crippen LogP contribution in [0.4, 0.5) is 0 Å². The first-order valence-electron chi connectivity index (χ1n) is 1.61. The lowest BCUT2D eigenvalue weighted by molar-refractivity contribution is -0.109. The van der Waals surface area contributed by atoms with Crippen LogP contribution in [0.2, 0.25) is 0 Å². The highest BCUT2D eigenvalue weighted by Gasteiger charge is 1.83. The van der Waals surface area contributed by atoms with Gasteiger partial charge in [-0.2, -0.15) is 0 Å². The standard InChI is InChI=1S/C3H6INO/c1-3(4)5-2-6/h2-3H,1H3,(H,5,6). The Balaban J connectivity index is 2.81. The molecule has 1 amide bonds. The van der Waals surface area contributed by atoms with Gasteiger partial charge >= 0.3 is 0 Å². The molecule has 0 aliphatic rings. The van der Waals surface area contributed by atoms with Gasteiger partial charge in [0.15, 0.2) is 0 Å². The summed E-state index contributed by atoms with van der Waals surface area (Å²) in [7, 11) is 0. The zero-order valence-electron chi connectivity index (χ0n) is 3.44. The summed E-state index contributed by atoms with van der Waals surface area (Å²) in [4.78, 5) is 9.50. The van der Waals surface area contributed by atoms with E-state index in [0.29, 0.717) is 6.41 Å². The fourth-order valence-electron chi connectivity index (χ4n) is 0.0938. The number of amides is 1. The topological polar surface area (TPSA) is 29.1 Å². The maximum atomic E-state index is 9.50. The van der Waals surface area contributed by atoms with Gasteiger partial charge in [0.05, 0.1) is 4.05 Å². The van der Waals surface area contributed by atoms with Crippen LogP contribution in [0, 0.1) is 0 Å². The Hall–Kier alpha value is 0.200. The maximum absolute atomic E-state index is 9.50. The molecule has 0 saturated heterocycles. The first kappa shape index (κ1) is 6.20. The summed E-state index contributed by atoms with van der Waals surface area (Å²) in [5.74, 6) is 0. The summed E-state index contributed by atoms with van der Waals surface area (Å²) in [5, 5.41) is 2.51.